The molecule has 6 heteroatoms. The minimum Gasteiger partial charge on any atom is -0.506 e. The molecule has 0 fully saturated rings. The van der Waals surface area contributed by atoms with Crippen LogP contribution in [0.15, 0.2) is 54.6 Å². The van der Waals surface area contributed by atoms with Crippen molar-refractivity contribution in [3.05, 3.63) is 93.5 Å². The first kappa shape index (κ1) is 26.8. The lowest BCUT2D eigenvalue weighted by Crippen LogP contribution is -2.24. The van der Waals surface area contributed by atoms with Gasteiger partial charge in [-0.2, -0.15) is 0 Å². The smallest absolute Gasteiger partial charge is 0.239 e. The van der Waals surface area contributed by atoms with Gasteiger partial charge < -0.3 is 14.6 Å². The summed E-state index contributed by atoms with van der Waals surface area (Å²) in [6.07, 6.45) is -0.477. The summed E-state index contributed by atoms with van der Waals surface area (Å²) in [6.45, 7) is 9.39. The second-order valence-corrected chi connectivity index (χ2v) is 9.73. The average molecular weight is 511 g/mol. The molecule has 0 radical (unpaired) electrons. The summed E-state index contributed by atoms with van der Waals surface area (Å²) in [5.41, 5.74) is 1.45. The third-order valence-electron chi connectivity index (χ3n) is 6.53. The summed E-state index contributed by atoms with van der Waals surface area (Å²) in [4.78, 5) is 40.0. The summed E-state index contributed by atoms with van der Waals surface area (Å²) in [5, 5.41) is 11.1. The van der Waals surface area contributed by atoms with Crippen LogP contribution in [-0.4, -0.2) is 34.7 Å². The number of Topliss-reactive ketones (excluding diaryl/α,β-unsaturated/α-hetero) is 1. The molecule has 0 spiro atoms. The van der Waals surface area contributed by atoms with Gasteiger partial charge in [0.05, 0.1) is 35.5 Å². The Balaban J connectivity index is 1.62. The summed E-state index contributed by atoms with van der Waals surface area (Å²) in [5.74, 6) is 3.34. The zero-order chi connectivity index (χ0) is 27.6. The first-order chi connectivity index (χ1) is 18.1. The van der Waals surface area contributed by atoms with Crippen LogP contribution < -0.4 is 4.74 Å². The minimum absolute atomic E-state index is 0.0556. The maximum atomic E-state index is 13.6. The monoisotopic (exact) mass is 510 g/mol. The molecule has 2 atom stereocenters. The number of rotatable bonds is 7. The second-order valence-electron chi connectivity index (χ2n) is 9.73. The first-order valence-corrected chi connectivity index (χ1v) is 12.6. The molecule has 0 aromatic heterocycles. The molecular formula is C32H30O6. The van der Waals surface area contributed by atoms with E-state index in [9.17, 15) is 19.5 Å². The molecule has 3 aromatic rings. The van der Waals surface area contributed by atoms with Gasteiger partial charge in [-0.25, -0.2) is 0 Å². The SMILES string of the molecule is Cc1cc2c(c(O)c1C(=O)C#C[C@@H](C)[C@@H](C)OCc1ccccc1)C(=O)c1c(OC(C)C)cccc1C2=O. The van der Waals surface area contributed by atoms with Crippen LogP contribution in [-0.2, 0) is 11.3 Å². The molecule has 3 aromatic carbocycles. The third kappa shape index (κ3) is 5.25. The molecule has 0 saturated heterocycles. The van der Waals surface area contributed by atoms with Gasteiger partial charge in [0.2, 0.25) is 11.6 Å². The number of hydrogen-bond acceptors (Lipinski definition) is 6. The lowest BCUT2D eigenvalue weighted by atomic mass is 9.80. The molecular weight excluding hydrogens is 480 g/mol. The molecule has 0 saturated carbocycles. The Labute approximate surface area is 222 Å². The van der Waals surface area contributed by atoms with Crippen LogP contribution in [0.4, 0.5) is 0 Å². The number of carbonyl (C=O) groups is 3. The van der Waals surface area contributed by atoms with Crippen molar-refractivity contribution in [2.24, 2.45) is 5.92 Å². The van der Waals surface area contributed by atoms with Crippen LogP contribution in [0, 0.1) is 24.7 Å². The highest BCUT2D eigenvalue weighted by Gasteiger charge is 2.37. The Kier molecular flexibility index (Phi) is 7.80. The number of aromatic hydroxyl groups is 1. The zero-order valence-corrected chi connectivity index (χ0v) is 22.1. The topological polar surface area (TPSA) is 89.9 Å². The van der Waals surface area contributed by atoms with Crippen molar-refractivity contribution >= 4 is 17.3 Å². The van der Waals surface area contributed by atoms with Crippen molar-refractivity contribution in [3.8, 4) is 23.3 Å². The van der Waals surface area contributed by atoms with Crippen molar-refractivity contribution in [2.45, 2.75) is 53.4 Å². The largest absolute Gasteiger partial charge is 0.506 e. The molecule has 38 heavy (non-hydrogen) atoms. The molecule has 0 aliphatic heterocycles. The summed E-state index contributed by atoms with van der Waals surface area (Å²) in [7, 11) is 0. The fraction of sp³-hybridized carbons (Fsp3) is 0.281. The highest BCUT2D eigenvalue weighted by molar-refractivity contribution is 6.31. The molecule has 0 amide bonds. The van der Waals surface area contributed by atoms with Gasteiger partial charge >= 0.3 is 0 Å². The van der Waals surface area contributed by atoms with Crippen LogP contribution in [0.3, 0.4) is 0 Å². The quantitative estimate of drug-likeness (QED) is 0.195. The Morgan fingerprint density at radius 1 is 0.921 bits per heavy atom. The summed E-state index contributed by atoms with van der Waals surface area (Å²) >= 11 is 0. The highest BCUT2D eigenvalue weighted by Crippen LogP contribution is 2.40. The van der Waals surface area contributed by atoms with Gasteiger partial charge in [-0.15, -0.1) is 0 Å². The molecule has 194 valence electrons. The van der Waals surface area contributed by atoms with Gasteiger partial charge in [0.15, 0.2) is 5.78 Å². The van der Waals surface area contributed by atoms with Gasteiger partial charge in [0.1, 0.15) is 11.5 Å². The van der Waals surface area contributed by atoms with E-state index >= 15 is 0 Å². The van der Waals surface area contributed by atoms with Crippen LogP contribution >= 0.6 is 0 Å². The predicted molar refractivity (Wildman–Crippen MR) is 144 cm³/mol. The molecule has 6 nitrogen and oxygen atoms in total. The van der Waals surface area contributed by atoms with E-state index in [1.807, 2.05) is 58.0 Å². The van der Waals surface area contributed by atoms with E-state index < -0.39 is 23.1 Å². The number of ketones is 3. The third-order valence-corrected chi connectivity index (χ3v) is 6.53. The number of benzene rings is 3. The number of fused-ring (bicyclic) bond motifs is 2. The Hall–Kier alpha value is -4.21. The molecule has 4 rings (SSSR count). The van der Waals surface area contributed by atoms with Gasteiger partial charge in [0, 0.05) is 17.0 Å². The van der Waals surface area contributed by atoms with E-state index in [1.54, 1.807) is 25.1 Å². The minimum atomic E-state index is -0.636. The number of phenols is 1. The Bertz CT molecular complexity index is 1470. The fourth-order valence-electron chi connectivity index (χ4n) is 4.38. The van der Waals surface area contributed by atoms with Gasteiger partial charge in [-0.1, -0.05) is 48.4 Å². The normalized spacial score (nSPS) is 13.7. The van der Waals surface area contributed by atoms with E-state index in [1.165, 1.54) is 6.07 Å². The maximum Gasteiger partial charge on any atom is 0.239 e. The molecule has 1 N–H and O–H groups in total. The lowest BCUT2D eigenvalue weighted by Gasteiger charge is -2.23. The number of carbonyl (C=O) groups excluding carboxylic acids is 3. The lowest BCUT2D eigenvalue weighted by molar-refractivity contribution is 0.0330. The van der Waals surface area contributed by atoms with Gasteiger partial charge in [-0.3, -0.25) is 14.4 Å². The maximum absolute atomic E-state index is 13.6. The van der Waals surface area contributed by atoms with E-state index in [4.69, 9.17) is 9.47 Å². The average Bonchev–Trinajstić information content (AvgIpc) is 2.88. The first-order valence-electron chi connectivity index (χ1n) is 12.6. The fourth-order valence-corrected chi connectivity index (χ4v) is 4.38. The van der Waals surface area contributed by atoms with E-state index in [2.05, 4.69) is 11.8 Å². The Morgan fingerprint density at radius 2 is 1.63 bits per heavy atom. The zero-order valence-electron chi connectivity index (χ0n) is 22.1. The number of phenolic OH excluding ortho intramolecular Hbond substituents is 1. The van der Waals surface area contributed by atoms with Crippen LogP contribution in [0.25, 0.3) is 0 Å². The predicted octanol–water partition coefficient (Wildman–Crippen LogP) is 5.69. The van der Waals surface area contributed by atoms with Gasteiger partial charge in [-0.05, 0) is 63.8 Å². The molecule has 0 heterocycles. The van der Waals surface area contributed by atoms with E-state index in [-0.39, 0.29) is 51.7 Å². The van der Waals surface area contributed by atoms with Crippen molar-refractivity contribution in [1.29, 1.82) is 0 Å². The van der Waals surface area contributed by atoms with Crippen molar-refractivity contribution in [1.82, 2.24) is 0 Å². The molecule has 0 unspecified atom stereocenters. The van der Waals surface area contributed by atoms with Gasteiger partial charge in [0.25, 0.3) is 0 Å². The Morgan fingerprint density at radius 3 is 2.32 bits per heavy atom. The number of aryl methyl sites for hydroxylation is 1. The summed E-state index contributed by atoms with van der Waals surface area (Å²) < 4.78 is 11.7. The highest BCUT2D eigenvalue weighted by atomic mass is 16.5. The van der Waals surface area contributed by atoms with Crippen LogP contribution in [0.2, 0.25) is 0 Å². The van der Waals surface area contributed by atoms with E-state index in [0.29, 0.717) is 12.2 Å². The molecule has 0 bridgehead atoms. The van der Waals surface area contributed by atoms with Crippen molar-refractivity contribution in [2.75, 3.05) is 0 Å². The van der Waals surface area contributed by atoms with Crippen molar-refractivity contribution in [3.63, 3.8) is 0 Å². The molecule has 1 aliphatic rings. The molecule has 1 aliphatic carbocycles. The van der Waals surface area contributed by atoms with E-state index in [0.717, 1.165) is 5.56 Å². The number of ether oxygens (including phenoxy) is 2. The van der Waals surface area contributed by atoms with Crippen molar-refractivity contribution < 1.29 is 29.0 Å². The number of hydrogen-bond donors (Lipinski definition) is 1. The van der Waals surface area contributed by atoms with Crippen LogP contribution in [0.5, 0.6) is 11.5 Å². The second kappa shape index (κ2) is 11.0. The summed E-state index contributed by atoms with van der Waals surface area (Å²) in [6, 6.07) is 16.0. The van der Waals surface area contributed by atoms with Crippen LogP contribution in [0.1, 0.15) is 81.0 Å². The standard InChI is InChI=1S/C32H30O6/c1-18(2)38-26-13-9-12-23-28(26)32(36)29-24(30(23)34)16-20(4)27(31(29)35)25(33)15-14-19(3)21(5)37-17-22-10-7-6-8-11-22/h6-13,16,18-19,21,35H,17H2,1-5H3/t19-,21-/m1/s1.